The summed E-state index contributed by atoms with van der Waals surface area (Å²) in [5.74, 6) is 0. The number of piperidine rings is 1. The van der Waals surface area contributed by atoms with E-state index in [-0.39, 0.29) is 6.03 Å². The van der Waals surface area contributed by atoms with Gasteiger partial charge >= 0.3 is 6.03 Å². The van der Waals surface area contributed by atoms with Crippen molar-refractivity contribution in [1.29, 1.82) is 0 Å². The fraction of sp³-hybridized carbons (Fsp3) is 0.533. The van der Waals surface area contributed by atoms with Crippen LogP contribution >= 0.6 is 11.6 Å². The summed E-state index contributed by atoms with van der Waals surface area (Å²) in [7, 11) is 3.84. The number of benzene rings is 1. The SMILES string of the molecule is CN(C)C[C@]1(O)CCCN(C(=O)Nc2ccc(Cl)cc2)C1. The molecule has 0 radical (unpaired) electrons. The van der Waals surface area contributed by atoms with Gasteiger partial charge in [-0.3, -0.25) is 0 Å². The van der Waals surface area contributed by atoms with Gasteiger partial charge in [0.05, 0.1) is 12.1 Å². The molecule has 0 bridgehead atoms. The first-order chi connectivity index (χ1) is 9.88. The molecule has 1 aliphatic rings. The second kappa shape index (κ2) is 6.64. The van der Waals surface area contributed by atoms with Crippen LogP contribution in [0, 0.1) is 0 Å². The average Bonchev–Trinajstić information content (AvgIpc) is 2.40. The molecule has 1 aromatic carbocycles. The first-order valence-electron chi connectivity index (χ1n) is 7.07. The van der Waals surface area contributed by atoms with Crippen LogP contribution in [-0.4, -0.2) is 60.3 Å². The topological polar surface area (TPSA) is 55.8 Å². The molecule has 1 atom stereocenters. The standard InChI is InChI=1S/C15H22ClN3O2/c1-18(2)10-15(21)8-3-9-19(11-15)14(20)17-13-6-4-12(16)5-7-13/h4-7,21H,3,8-11H2,1-2H3,(H,17,20)/t15-/m1/s1. The predicted molar refractivity (Wildman–Crippen MR) is 84.8 cm³/mol. The molecule has 116 valence electrons. The van der Waals surface area contributed by atoms with E-state index < -0.39 is 5.60 Å². The average molecular weight is 312 g/mol. The third kappa shape index (κ3) is 4.59. The van der Waals surface area contributed by atoms with Crippen LogP contribution in [0.5, 0.6) is 0 Å². The van der Waals surface area contributed by atoms with Crippen LogP contribution in [0.3, 0.4) is 0 Å². The lowest BCUT2D eigenvalue weighted by Gasteiger charge is -2.40. The number of rotatable bonds is 3. The fourth-order valence-corrected chi connectivity index (χ4v) is 2.87. The number of hydrogen-bond acceptors (Lipinski definition) is 3. The van der Waals surface area contributed by atoms with Gasteiger partial charge in [0.25, 0.3) is 0 Å². The number of β-amino-alcohol motifs (C(OH)–C–C–N with tert-alkyl or cyclic N) is 1. The largest absolute Gasteiger partial charge is 0.387 e. The summed E-state index contributed by atoms with van der Waals surface area (Å²) in [5.41, 5.74) is -0.134. The highest BCUT2D eigenvalue weighted by atomic mass is 35.5. The third-order valence-corrected chi connectivity index (χ3v) is 3.80. The van der Waals surface area contributed by atoms with Crippen LogP contribution in [0.2, 0.25) is 5.02 Å². The Morgan fingerprint density at radius 2 is 2.10 bits per heavy atom. The molecule has 1 saturated heterocycles. The van der Waals surface area contributed by atoms with Crippen molar-refractivity contribution in [2.75, 3.05) is 39.0 Å². The number of anilines is 1. The zero-order valence-electron chi connectivity index (χ0n) is 12.5. The van der Waals surface area contributed by atoms with Gasteiger partial charge in [0.15, 0.2) is 0 Å². The highest BCUT2D eigenvalue weighted by Gasteiger charge is 2.35. The molecule has 1 aliphatic heterocycles. The Balaban J connectivity index is 1.97. The van der Waals surface area contributed by atoms with Crippen molar-refractivity contribution in [2.45, 2.75) is 18.4 Å². The Labute approximate surface area is 130 Å². The maximum absolute atomic E-state index is 12.3. The van der Waals surface area contributed by atoms with E-state index in [0.29, 0.717) is 30.3 Å². The van der Waals surface area contributed by atoms with E-state index in [0.717, 1.165) is 12.8 Å². The molecule has 1 fully saturated rings. The lowest BCUT2D eigenvalue weighted by molar-refractivity contribution is -0.0333. The van der Waals surface area contributed by atoms with Gasteiger partial charge in [0, 0.05) is 23.8 Å². The maximum atomic E-state index is 12.3. The molecule has 2 N–H and O–H groups in total. The van der Waals surface area contributed by atoms with E-state index in [1.165, 1.54) is 0 Å². The van der Waals surface area contributed by atoms with Crippen LogP contribution in [0.15, 0.2) is 24.3 Å². The molecular formula is C15H22ClN3O2. The fourth-order valence-electron chi connectivity index (χ4n) is 2.74. The number of urea groups is 1. The molecule has 21 heavy (non-hydrogen) atoms. The number of carbonyl (C=O) groups excluding carboxylic acids is 1. The normalized spacial score (nSPS) is 22.4. The number of carbonyl (C=O) groups is 1. The summed E-state index contributed by atoms with van der Waals surface area (Å²) in [4.78, 5) is 15.9. The number of nitrogens with one attached hydrogen (secondary N) is 1. The summed E-state index contributed by atoms with van der Waals surface area (Å²) in [6, 6.07) is 6.80. The molecule has 1 heterocycles. The number of amides is 2. The highest BCUT2D eigenvalue weighted by Crippen LogP contribution is 2.23. The van der Waals surface area contributed by atoms with Crippen molar-refractivity contribution in [3.8, 4) is 0 Å². The lowest BCUT2D eigenvalue weighted by atomic mass is 9.92. The van der Waals surface area contributed by atoms with Gasteiger partial charge in [-0.2, -0.15) is 0 Å². The van der Waals surface area contributed by atoms with E-state index in [2.05, 4.69) is 5.32 Å². The van der Waals surface area contributed by atoms with Crippen LogP contribution in [0.4, 0.5) is 10.5 Å². The molecule has 2 amide bonds. The zero-order valence-corrected chi connectivity index (χ0v) is 13.2. The Morgan fingerprint density at radius 3 is 2.71 bits per heavy atom. The minimum absolute atomic E-state index is 0.186. The van der Waals surface area contributed by atoms with Crippen molar-refractivity contribution in [3.05, 3.63) is 29.3 Å². The molecule has 1 aromatic rings. The third-order valence-electron chi connectivity index (χ3n) is 3.55. The molecule has 6 heteroatoms. The number of halogens is 1. The van der Waals surface area contributed by atoms with E-state index >= 15 is 0 Å². The van der Waals surface area contributed by atoms with E-state index in [4.69, 9.17) is 11.6 Å². The van der Waals surface area contributed by atoms with Gasteiger partial charge in [0.1, 0.15) is 0 Å². The number of aliphatic hydroxyl groups is 1. The summed E-state index contributed by atoms with van der Waals surface area (Å²) < 4.78 is 0. The molecule has 5 nitrogen and oxygen atoms in total. The summed E-state index contributed by atoms with van der Waals surface area (Å²) in [6.07, 6.45) is 1.52. The predicted octanol–water partition coefficient (Wildman–Crippen LogP) is 2.26. The smallest absolute Gasteiger partial charge is 0.321 e. The monoisotopic (exact) mass is 311 g/mol. The Kier molecular flexibility index (Phi) is 5.08. The van der Waals surface area contributed by atoms with E-state index in [1.54, 1.807) is 29.2 Å². The molecule has 0 unspecified atom stereocenters. The molecule has 0 aromatic heterocycles. The van der Waals surface area contributed by atoms with Gasteiger partial charge in [-0.25, -0.2) is 4.79 Å². The zero-order chi connectivity index (χ0) is 15.5. The minimum Gasteiger partial charge on any atom is -0.387 e. The highest BCUT2D eigenvalue weighted by molar-refractivity contribution is 6.30. The lowest BCUT2D eigenvalue weighted by Crippen LogP contribution is -2.55. The van der Waals surface area contributed by atoms with Crippen molar-refractivity contribution in [3.63, 3.8) is 0 Å². The first kappa shape index (κ1) is 16.1. The van der Waals surface area contributed by atoms with Crippen LogP contribution in [0.1, 0.15) is 12.8 Å². The summed E-state index contributed by atoms with van der Waals surface area (Å²) in [6.45, 7) is 1.57. The number of likely N-dealkylation sites (N-methyl/N-ethyl adjacent to an activating group) is 1. The molecular weight excluding hydrogens is 290 g/mol. The minimum atomic E-state index is -0.834. The molecule has 0 saturated carbocycles. The van der Waals surface area contributed by atoms with Crippen LogP contribution < -0.4 is 5.32 Å². The van der Waals surface area contributed by atoms with Crippen LogP contribution in [0.25, 0.3) is 0 Å². The van der Waals surface area contributed by atoms with Crippen molar-refractivity contribution in [2.24, 2.45) is 0 Å². The molecule has 2 rings (SSSR count). The molecule has 0 spiro atoms. The van der Waals surface area contributed by atoms with Gasteiger partial charge in [-0.05, 0) is 51.2 Å². The maximum Gasteiger partial charge on any atom is 0.321 e. The van der Waals surface area contributed by atoms with Crippen molar-refractivity contribution < 1.29 is 9.90 Å². The number of nitrogens with zero attached hydrogens (tertiary/aromatic N) is 2. The summed E-state index contributed by atoms with van der Waals surface area (Å²) in [5, 5.41) is 14.0. The second-order valence-corrected chi connectivity index (χ2v) is 6.36. The van der Waals surface area contributed by atoms with Crippen LogP contribution in [-0.2, 0) is 0 Å². The number of hydrogen-bond donors (Lipinski definition) is 2. The van der Waals surface area contributed by atoms with Gasteiger partial charge < -0.3 is 20.2 Å². The van der Waals surface area contributed by atoms with Gasteiger partial charge in [-0.15, -0.1) is 0 Å². The summed E-state index contributed by atoms with van der Waals surface area (Å²) >= 11 is 5.82. The Hall–Kier alpha value is -1.30. The van der Waals surface area contributed by atoms with Gasteiger partial charge in [-0.1, -0.05) is 11.6 Å². The molecule has 0 aliphatic carbocycles. The van der Waals surface area contributed by atoms with Crippen molar-refractivity contribution >= 4 is 23.3 Å². The van der Waals surface area contributed by atoms with E-state index in [9.17, 15) is 9.90 Å². The van der Waals surface area contributed by atoms with Crippen molar-refractivity contribution in [1.82, 2.24) is 9.80 Å². The first-order valence-corrected chi connectivity index (χ1v) is 7.44. The quantitative estimate of drug-likeness (QED) is 0.900. The van der Waals surface area contributed by atoms with E-state index in [1.807, 2.05) is 19.0 Å². The Bertz CT molecular complexity index is 492. The van der Waals surface area contributed by atoms with Gasteiger partial charge in [0.2, 0.25) is 0 Å². The Morgan fingerprint density at radius 1 is 1.43 bits per heavy atom. The second-order valence-electron chi connectivity index (χ2n) is 5.92. The number of likely N-dealkylation sites (tertiary alicyclic amines) is 1.